The molecule has 1 amide bonds. The minimum atomic E-state index is -0.272. The van der Waals surface area contributed by atoms with Crippen molar-refractivity contribution in [3.63, 3.8) is 0 Å². The van der Waals surface area contributed by atoms with Gasteiger partial charge in [-0.2, -0.15) is 0 Å². The molecule has 0 bridgehead atoms. The molecule has 6 heteroatoms. The number of ether oxygens (including phenoxy) is 1. The van der Waals surface area contributed by atoms with E-state index in [0.717, 1.165) is 12.4 Å². The van der Waals surface area contributed by atoms with Gasteiger partial charge in [0.25, 0.3) is 5.91 Å². The molecule has 110 valence electrons. The maximum Gasteiger partial charge on any atom is 0.257 e. The molecule has 1 heterocycles. The van der Waals surface area contributed by atoms with Crippen molar-refractivity contribution in [2.24, 2.45) is 0 Å². The number of anilines is 2. The normalized spacial score (nSPS) is 10.0. The summed E-state index contributed by atoms with van der Waals surface area (Å²) < 4.78 is 5.19. The number of aromatic nitrogens is 1. The molecule has 5 nitrogen and oxygen atoms in total. The van der Waals surface area contributed by atoms with Crippen LogP contribution < -0.4 is 15.4 Å². The summed E-state index contributed by atoms with van der Waals surface area (Å²) in [5.41, 5.74) is 0.976. The van der Waals surface area contributed by atoms with Crippen LogP contribution in [0.2, 0.25) is 5.02 Å². The Morgan fingerprint density at radius 1 is 1.33 bits per heavy atom. The largest absolute Gasteiger partial charge is 0.495 e. The summed E-state index contributed by atoms with van der Waals surface area (Å²) in [6, 6.07) is 8.50. The predicted octanol–water partition coefficient (Wildman–Crippen LogP) is 3.43. The molecule has 0 atom stereocenters. The van der Waals surface area contributed by atoms with Crippen molar-refractivity contribution in [3.05, 3.63) is 47.1 Å². The maximum atomic E-state index is 12.2. The molecule has 0 saturated heterocycles. The topological polar surface area (TPSA) is 63.2 Å². The van der Waals surface area contributed by atoms with Crippen LogP contribution >= 0.6 is 11.6 Å². The molecule has 0 radical (unpaired) electrons. The molecular formula is C15H16ClN3O2. The second-order valence-electron chi connectivity index (χ2n) is 4.26. The maximum absolute atomic E-state index is 12.2. The zero-order valence-electron chi connectivity index (χ0n) is 11.8. The highest BCUT2D eigenvalue weighted by atomic mass is 35.5. The highest BCUT2D eigenvalue weighted by molar-refractivity contribution is 6.31. The molecule has 0 aliphatic heterocycles. The van der Waals surface area contributed by atoms with Crippen LogP contribution in [0, 0.1) is 0 Å². The monoisotopic (exact) mass is 305 g/mol. The number of methoxy groups -OCH3 is 1. The third-order valence-corrected chi connectivity index (χ3v) is 3.03. The zero-order valence-corrected chi connectivity index (χ0v) is 12.6. The van der Waals surface area contributed by atoms with E-state index in [0.29, 0.717) is 22.0 Å². The zero-order chi connectivity index (χ0) is 15.2. The number of amides is 1. The number of hydrogen-bond acceptors (Lipinski definition) is 4. The van der Waals surface area contributed by atoms with Gasteiger partial charge in [0.1, 0.15) is 11.6 Å². The third kappa shape index (κ3) is 3.86. The van der Waals surface area contributed by atoms with Crippen LogP contribution in [0.4, 0.5) is 11.5 Å². The number of pyridine rings is 1. The van der Waals surface area contributed by atoms with Crippen LogP contribution in [0.5, 0.6) is 5.75 Å². The quantitative estimate of drug-likeness (QED) is 0.888. The van der Waals surface area contributed by atoms with Gasteiger partial charge in [0.15, 0.2) is 0 Å². The number of rotatable bonds is 5. The lowest BCUT2D eigenvalue weighted by molar-refractivity contribution is 0.102. The first-order valence-corrected chi connectivity index (χ1v) is 6.86. The minimum Gasteiger partial charge on any atom is -0.495 e. The van der Waals surface area contributed by atoms with Crippen molar-refractivity contribution < 1.29 is 9.53 Å². The van der Waals surface area contributed by atoms with E-state index in [-0.39, 0.29) is 5.91 Å². The SMILES string of the molecule is CCNc1ccc(C(=O)Nc2cc(Cl)ccc2OC)cn1. The Hall–Kier alpha value is -2.27. The first kappa shape index (κ1) is 15.1. The lowest BCUT2D eigenvalue weighted by atomic mass is 10.2. The summed E-state index contributed by atoms with van der Waals surface area (Å²) in [6.45, 7) is 2.76. The van der Waals surface area contributed by atoms with Crippen molar-refractivity contribution in [2.45, 2.75) is 6.92 Å². The van der Waals surface area contributed by atoms with Gasteiger partial charge in [-0.3, -0.25) is 4.79 Å². The van der Waals surface area contributed by atoms with E-state index in [9.17, 15) is 4.79 Å². The number of halogens is 1. The van der Waals surface area contributed by atoms with Gasteiger partial charge in [-0.25, -0.2) is 4.98 Å². The predicted molar refractivity (Wildman–Crippen MR) is 84.4 cm³/mol. The van der Waals surface area contributed by atoms with Crippen LogP contribution in [-0.2, 0) is 0 Å². The van der Waals surface area contributed by atoms with Gasteiger partial charge in [0.05, 0.1) is 18.4 Å². The Morgan fingerprint density at radius 2 is 2.14 bits per heavy atom. The van der Waals surface area contributed by atoms with Crippen molar-refractivity contribution in [1.82, 2.24) is 4.98 Å². The molecular weight excluding hydrogens is 290 g/mol. The van der Waals surface area contributed by atoms with Crippen LogP contribution in [0.1, 0.15) is 17.3 Å². The molecule has 0 aliphatic rings. The van der Waals surface area contributed by atoms with Crippen molar-refractivity contribution in [3.8, 4) is 5.75 Å². The molecule has 0 aliphatic carbocycles. The van der Waals surface area contributed by atoms with Crippen molar-refractivity contribution in [1.29, 1.82) is 0 Å². The summed E-state index contributed by atoms with van der Waals surface area (Å²) in [4.78, 5) is 16.4. The number of benzene rings is 1. The summed E-state index contributed by atoms with van der Waals surface area (Å²) in [5, 5.41) is 6.35. The van der Waals surface area contributed by atoms with Gasteiger partial charge >= 0.3 is 0 Å². The average Bonchev–Trinajstić information content (AvgIpc) is 2.48. The van der Waals surface area contributed by atoms with Gasteiger partial charge in [0.2, 0.25) is 0 Å². The number of hydrogen-bond donors (Lipinski definition) is 2. The molecule has 2 N–H and O–H groups in total. The summed E-state index contributed by atoms with van der Waals surface area (Å²) in [7, 11) is 1.53. The van der Waals surface area contributed by atoms with Gasteiger partial charge in [-0.1, -0.05) is 11.6 Å². The first-order valence-electron chi connectivity index (χ1n) is 6.49. The van der Waals surface area contributed by atoms with E-state index in [4.69, 9.17) is 16.3 Å². The molecule has 2 rings (SSSR count). The van der Waals surface area contributed by atoms with Gasteiger partial charge in [-0.05, 0) is 37.3 Å². The molecule has 0 fully saturated rings. The smallest absolute Gasteiger partial charge is 0.257 e. The fraction of sp³-hybridized carbons (Fsp3) is 0.200. The Kier molecular flexibility index (Phi) is 5.00. The van der Waals surface area contributed by atoms with Crippen molar-refractivity contribution >= 4 is 29.0 Å². The molecule has 2 aromatic rings. The average molecular weight is 306 g/mol. The minimum absolute atomic E-state index is 0.272. The van der Waals surface area contributed by atoms with Crippen LogP contribution in [-0.4, -0.2) is 24.5 Å². The second-order valence-corrected chi connectivity index (χ2v) is 4.70. The highest BCUT2D eigenvalue weighted by Gasteiger charge is 2.10. The highest BCUT2D eigenvalue weighted by Crippen LogP contribution is 2.28. The Bertz CT molecular complexity index is 629. The van der Waals surface area contributed by atoms with E-state index < -0.39 is 0 Å². The number of carbonyl (C=O) groups is 1. The fourth-order valence-corrected chi connectivity index (χ4v) is 1.96. The summed E-state index contributed by atoms with van der Waals surface area (Å²) >= 11 is 5.93. The van der Waals surface area contributed by atoms with E-state index in [1.54, 1.807) is 30.3 Å². The van der Waals surface area contributed by atoms with Crippen LogP contribution in [0.25, 0.3) is 0 Å². The van der Waals surface area contributed by atoms with E-state index in [1.165, 1.54) is 13.3 Å². The molecule has 0 spiro atoms. The second kappa shape index (κ2) is 6.95. The summed E-state index contributed by atoms with van der Waals surface area (Å²) in [5.74, 6) is 1.01. The Balaban J connectivity index is 2.15. The molecule has 0 saturated carbocycles. The molecule has 0 unspecified atom stereocenters. The third-order valence-electron chi connectivity index (χ3n) is 2.79. The standard InChI is InChI=1S/C15H16ClN3O2/c1-3-17-14-7-4-10(9-18-14)15(20)19-12-8-11(16)5-6-13(12)21-2/h4-9H,3H2,1-2H3,(H,17,18)(H,19,20). The Morgan fingerprint density at radius 3 is 2.76 bits per heavy atom. The number of nitrogens with zero attached hydrogens (tertiary/aromatic N) is 1. The van der Waals surface area contributed by atoms with Crippen LogP contribution in [0.15, 0.2) is 36.5 Å². The fourth-order valence-electron chi connectivity index (χ4n) is 1.79. The lowest BCUT2D eigenvalue weighted by Crippen LogP contribution is -2.13. The van der Waals surface area contributed by atoms with Gasteiger partial charge in [-0.15, -0.1) is 0 Å². The van der Waals surface area contributed by atoms with E-state index >= 15 is 0 Å². The van der Waals surface area contributed by atoms with Crippen molar-refractivity contribution in [2.75, 3.05) is 24.3 Å². The molecule has 1 aromatic carbocycles. The van der Waals surface area contributed by atoms with E-state index in [1.807, 2.05) is 6.92 Å². The van der Waals surface area contributed by atoms with E-state index in [2.05, 4.69) is 15.6 Å². The number of carbonyl (C=O) groups excluding carboxylic acids is 1. The lowest BCUT2D eigenvalue weighted by Gasteiger charge is -2.10. The first-order chi connectivity index (χ1) is 10.1. The summed E-state index contributed by atoms with van der Waals surface area (Å²) in [6.07, 6.45) is 1.52. The number of nitrogens with one attached hydrogen (secondary N) is 2. The van der Waals surface area contributed by atoms with Crippen LogP contribution in [0.3, 0.4) is 0 Å². The Labute approximate surface area is 128 Å². The molecule has 21 heavy (non-hydrogen) atoms. The molecule has 1 aromatic heterocycles. The van der Waals surface area contributed by atoms with Gasteiger partial charge < -0.3 is 15.4 Å². The van der Waals surface area contributed by atoms with Gasteiger partial charge in [0, 0.05) is 17.8 Å².